The molecule has 0 aliphatic heterocycles. The van der Waals surface area contributed by atoms with Crippen LogP contribution in [0.5, 0.6) is 5.75 Å². The summed E-state index contributed by atoms with van der Waals surface area (Å²) in [5.41, 5.74) is -0.868. The predicted molar refractivity (Wildman–Crippen MR) is 70.2 cm³/mol. The monoisotopic (exact) mass is 329 g/mol. The number of benzene rings is 1. The van der Waals surface area contributed by atoms with Crippen molar-refractivity contribution in [2.75, 3.05) is 6.61 Å². The Balaban J connectivity index is 2.79. The SMILES string of the molecule is CC(C)(C)OC(=O)COc1cc(Br)cc(F)c1C#N. The Kier molecular flexibility index (Phi) is 4.90. The van der Waals surface area contributed by atoms with Crippen LogP contribution in [0.15, 0.2) is 16.6 Å². The van der Waals surface area contributed by atoms with Crippen molar-refractivity contribution in [1.82, 2.24) is 0 Å². The van der Waals surface area contributed by atoms with Crippen molar-refractivity contribution in [3.8, 4) is 11.8 Å². The number of carbonyl (C=O) groups is 1. The minimum absolute atomic E-state index is 0.000217. The van der Waals surface area contributed by atoms with E-state index in [2.05, 4.69) is 15.9 Å². The molecule has 1 aromatic carbocycles. The Morgan fingerprint density at radius 1 is 1.47 bits per heavy atom. The van der Waals surface area contributed by atoms with Crippen LogP contribution in [0.3, 0.4) is 0 Å². The fourth-order valence-electron chi connectivity index (χ4n) is 1.28. The summed E-state index contributed by atoms with van der Waals surface area (Å²) in [5.74, 6) is -1.30. The second-order valence-corrected chi connectivity index (χ2v) is 5.66. The van der Waals surface area contributed by atoms with Gasteiger partial charge in [0.25, 0.3) is 0 Å². The van der Waals surface area contributed by atoms with E-state index in [4.69, 9.17) is 14.7 Å². The largest absolute Gasteiger partial charge is 0.480 e. The molecule has 0 unspecified atom stereocenters. The van der Waals surface area contributed by atoms with Crippen LogP contribution in [-0.4, -0.2) is 18.2 Å². The molecule has 0 aromatic heterocycles. The summed E-state index contributed by atoms with van der Waals surface area (Å²) in [7, 11) is 0. The summed E-state index contributed by atoms with van der Waals surface area (Å²) in [6.07, 6.45) is 0. The zero-order valence-corrected chi connectivity index (χ0v) is 12.4. The fourth-order valence-corrected chi connectivity index (χ4v) is 1.69. The van der Waals surface area contributed by atoms with Gasteiger partial charge < -0.3 is 9.47 Å². The number of hydrogen-bond acceptors (Lipinski definition) is 4. The van der Waals surface area contributed by atoms with Crippen LogP contribution in [0, 0.1) is 17.1 Å². The molecule has 0 aliphatic carbocycles. The van der Waals surface area contributed by atoms with E-state index >= 15 is 0 Å². The third-order valence-electron chi connectivity index (χ3n) is 1.90. The molecule has 1 aromatic rings. The molecule has 0 atom stereocenters. The third kappa shape index (κ3) is 4.87. The van der Waals surface area contributed by atoms with Crippen molar-refractivity contribution >= 4 is 21.9 Å². The lowest BCUT2D eigenvalue weighted by Gasteiger charge is -2.19. The molecule has 0 spiro atoms. The lowest BCUT2D eigenvalue weighted by atomic mass is 10.2. The predicted octanol–water partition coefficient (Wildman–Crippen LogP) is 3.18. The van der Waals surface area contributed by atoms with Crippen molar-refractivity contribution in [2.24, 2.45) is 0 Å². The average Bonchev–Trinajstić information content (AvgIpc) is 2.23. The van der Waals surface area contributed by atoms with Gasteiger partial charge in [-0.25, -0.2) is 9.18 Å². The van der Waals surface area contributed by atoms with Gasteiger partial charge in [-0.1, -0.05) is 15.9 Å². The van der Waals surface area contributed by atoms with Gasteiger partial charge in [0.2, 0.25) is 0 Å². The number of carbonyl (C=O) groups excluding carboxylic acids is 1. The quantitative estimate of drug-likeness (QED) is 0.799. The first kappa shape index (κ1) is 15.4. The molecular formula is C13H13BrFNO3. The third-order valence-corrected chi connectivity index (χ3v) is 2.35. The van der Waals surface area contributed by atoms with Crippen LogP contribution in [0.4, 0.5) is 4.39 Å². The highest BCUT2D eigenvalue weighted by Gasteiger charge is 2.18. The van der Waals surface area contributed by atoms with E-state index in [1.54, 1.807) is 26.8 Å². The number of esters is 1. The molecule has 0 fully saturated rings. The van der Waals surface area contributed by atoms with Crippen molar-refractivity contribution in [2.45, 2.75) is 26.4 Å². The summed E-state index contributed by atoms with van der Waals surface area (Å²) >= 11 is 3.09. The van der Waals surface area contributed by atoms with Crippen LogP contribution in [0.2, 0.25) is 0 Å². The standard InChI is InChI=1S/C13H13BrFNO3/c1-13(2,3)19-12(17)7-18-11-5-8(14)4-10(15)9(11)6-16/h4-5H,7H2,1-3H3. The number of rotatable bonds is 3. The highest BCUT2D eigenvalue weighted by molar-refractivity contribution is 9.10. The Bertz CT molecular complexity index is 532. The molecule has 0 aliphatic rings. The molecule has 19 heavy (non-hydrogen) atoms. The van der Waals surface area contributed by atoms with Gasteiger partial charge >= 0.3 is 5.97 Å². The van der Waals surface area contributed by atoms with Gasteiger partial charge in [-0.05, 0) is 32.9 Å². The Labute approximate surface area is 119 Å². The number of nitriles is 1. The van der Waals surface area contributed by atoms with Crippen LogP contribution >= 0.6 is 15.9 Å². The van der Waals surface area contributed by atoms with Crippen molar-refractivity contribution in [3.63, 3.8) is 0 Å². The summed E-state index contributed by atoms with van der Waals surface area (Å²) < 4.78 is 24.0. The van der Waals surface area contributed by atoms with Gasteiger partial charge in [0.15, 0.2) is 6.61 Å². The minimum atomic E-state index is -0.712. The van der Waals surface area contributed by atoms with Crippen LogP contribution in [-0.2, 0) is 9.53 Å². The van der Waals surface area contributed by atoms with Crippen LogP contribution in [0.25, 0.3) is 0 Å². The van der Waals surface area contributed by atoms with Crippen LogP contribution in [0.1, 0.15) is 26.3 Å². The van der Waals surface area contributed by atoms with Gasteiger partial charge in [0, 0.05) is 4.47 Å². The molecule has 0 radical (unpaired) electrons. The zero-order valence-electron chi connectivity index (χ0n) is 10.8. The van der Waals surface area contributed by atoms with E-state index in [1.807, 2.05) is 0 Å². The highest BCUT2D eigenvalue weighted by atomic mass is 79.9. The second-order valence-electron chi connectivity index (χ2n) is 4.75. The number of nitrogens with zero attached hydrogens (tertiary/aromatic N) is 1. The van der Waals surface area contributed by atoms with E-state index in [-0.39, 0.29) is 17.9 Å². The molecule has 4 nitrogen and oxygen atoms in total. The molecule has 6 heteroatoms. The Morgan fingerprint density at radius 2 is 2.11 bits per heavy atom. The first-order valence-electron chi connectivity index (χ1n) is 5.46. The molecule has 0 amide bonds. The van der Waals surface area contributed by atoms with Gasteiger partial charge in [0.05, 0.1) is 0 Å². The molecule has 0 bridgehead atoms. The van der Waals surface area contributed by atoms with Gasteiger partial charge in [-0.2, -0.15) is 5.26 Å². The summed E-state index contributed by atoms with van der Waals surface area (Å²) in [6.45, 7) is 4.79. The lowest BCUT2D eigenvalue weighted by Crippen LogP contribution is -2.27. The molecule has 0 saturated carbocycles. The van der Waals surface area contributed by atoms with E-state index in [1.165, 1.54) is 6.07 Å². The maximum absolute atomic E-state index is 13.5. The Hall–Kier alpha value is -1.61. The van der Waals surface area contributed by atoms with E-state index in [0.29, 0.717) is 4.47 Å². The molecule has 0 N–H and O–H groups in total. The molecular weight excluding hydrogens is 317 g/mol. The lowest BCUT2D eigenvalue weighted by molar-refractivity contribution is -0.157. The molecule has 0 saturated heterocycles. The first-order chi connectivity index (χ1) is 8.73. The van der Waals surface area contributed by atoms with E-state index in [9.17, 15) is 9.18 Å². The second kappa shape index (κ2) is 6.02. The minimum Gasteiger partial charge on any atom is -0.480 e. The zero-order chi connectivity index (χ0) is 14.6. The normalized spacial score (nSPS) is 10.7. The number of halogens is 2. The fraction of sp³-hybridized carbons (Fsp3) is 0.385. The molecule has 1 rings (SSSR count). The van der Waals surface area contributed by atoms with Gasteiger partial charge in [0.1, 0.15) is 28.8 Å². The Morgan fingerprint density at radius 3 is 2.63 bits per heavy atom. The van der Waals surface area contributed by atoms with Crippen LogP contribution < -0.4 is 4.74 Å². The molecule has 0 heterocycles. The summed E-state index contributed by atoms with van der Waals surface area (Å²) in [4.78, 5) is 11.5. The smallest absolute Gasteiger partial charge is 0.344 e. The number of ether oxygens (including phenoxy) is 2. The highest BCUT2D eigenvalue weighted by Crippen LogP contribution is 2.26. The average molecular weight is 330 g/mol. The maximum Gasteiger partial charge on any atom is 0.344 e. The van der Waals surface area contributed by atoms with Crippen molar-refractivity contribution in [1.29, 1.82) is 5.26 Å². The van der Waals surface area contributed by atoms with E-state index < -0.39 is 17.4 Å². The summed E-state index contributed by atoms with van der Waals surface area (Å²) in [6, 6.07) is 4.26. The van der Waals surface area contributed by atoms with Crippen molar-refractivity contribution in [3.05, 3.63) is 28.0 Å². The summed E-state index contributed by atoms with van der Waals surface area (Å²) in [5, 5.41) is 8.84. The first-order valence-corrected chi connectivity index (χ1v) is 6.26. The number of hydrogen-bond donors (Lipinski definition) is 0. The van der Waals surface area contributed by atoms with E-state index in [0.717, 1.165) is 6.07 Å². The molecule has 102 valence electrons. The van der Waals surface area contributed by atoms with Gasteiger partial charge in [-0.15, -0.1) is 0 Å². The topological polar surface area (TPSA) is 59.3 Å². The maximum atomic E-state index is 13.5. The van der Waals surface area contributed by atoms with Gasteiger partial charge in [-0.3, -0.25) is 0 Å². The van der Waals surface area contributed by atoms with Crippen molar-refractivity contribution < 1.29 is 18.7 Å².